The summed E-state index contributed by atoms with van der Waals surface area (Å²) in [6, 6.07) is 13.9. The molecule has 5 heteroatoms. The van der Waals surface area contributed by atoms with E-state index in [1.54, 1.807) is 18.9 Å². The summed E-state index contributed by atoms with van der Waals surface area (Å²) >= 11 is 1.79. The number of carbonyl (C=O) groups excluding carboxylic acids is 1. The van der Waals surface area contributed by atoms with Gasteiger partial charge in [-0.1, -0.05) is 29.8 Å². The van der Waals surface area contributed by atoms with Gasteiger partial charge in [-0.25, -0.2) is 4.79 Å². The van der Waals surface area contributed by atoms with Gasteiger partial charge in [-0.05, 0) is 43.2 Å². The van der Waals surface area contributed by atoms with Gasteiger partial charge < -0.3 is 15.0 Å². The zero-order valence-electron chi connectivity index (χ0n) is 14.2. The first kappa shape index (κ1) is 16.7. The van der Waals surface area contributed by atoms with Crippen LogP contribution in [0, 0.1) is 13.8 Å². The molecule has 0 aliphatic carbocycles. The summed E-state index contributed by atoms with van der Waals surface area (Å²) in [5.41, 5.74) is 4.26. The first-order chi connectivity index (χ1) is 11.6. The van der Waals surface area contributed by atoms with Crippen molar-refractivity contribution in [2.45, 2.75) is 19.2 Å². The molecule has 1 saturated heterocycles. The lowest BCUT2D eigenvalue weighted by Crippen LogP contribution is -2.34. The van der Waals surface area contributed by atoms with Gasteiger partial charge in [0, 0.05) is 18.0 Å². The fourth-order valence-corrected chi connectivity index (χ4v) is 4.12. The Bertz CT molecular complexity index is 731. The molecule has 1 atom stereocenters. The van der Waals surface area contributed by atoms with Gasteiger partial charge in [0.05, 0.1) is 7.11 Å². The van der Waals surface area contributed by atoms with E-state index in [0.29, 0.717) is 0 Å². The molecule has 0 bridgehead atoms. The zero-order chi connectivity index (χ0) is 17.1. The largest absolute Gasteiger partial charge is 0.497 e. The van der Waals surface area contributed by atoms with Gasteiger partial charge in [-0.3, -0.25) is 0 Å². The van der Waals surface area contributed by atoms with E-state index in [4.69, 9.17) is 4.74 Å². The number of urea groups is 1. The third-order valence-corrected chi connectivity index (χ3v) is 5.44. The molecule has 2 aromatic rings. The Morgan fingerprint density at radius 1 is 1.21 bits per heavy atom. The molecule has 1 aliphatic heterocycles. The molecule has 0 spiro atoms. The number of ether oxygens (including phenoxy) is 1. The topological polar surface area (TPSA) is 41.6 Å². The van der Waals surface area contributed by atoms with Crippen molar-refractivity contribution in [3.63, 3.8) is 0 Å². The van der Waals surface area contributed by atoms with Crippen molar-refractivity contribution in [3.8, 4) is 5.75 Å². The van der Waals surface area contributed by atoms with Crippen LogP contribution in [0.15, 0.2) is 42.5 Å². The SMILES string of the molecule is COc1ccc(C2SCCN2C(=O)Nc2ccc(C)cc2C)cc1. The molecule has 2 amide bonds. The van der Waals surface area contributed by atoms with Crippen LogP contribution >= 0.6 is 11.8 Å². The molecule has 1 N–H and O–H groups in total. The first-order valence-corrected chi connectivity index (χ1v) is 9.04. The number of hydrogen-bond donors (Lipinski definition) is 1. The molecule has 2 aromatic carbocycles. The number of aryl methyl sites for hydroxylation is 2. The number of thioether (sulfide) groups is 1. The fourth-order valence-electron chi connectivity index (χ4n) is 2.86. The second kappa shape index (κ2) is 7.18. The molecule has 1 unspecified atom stereocenters. The first-order valence-electron chi connectivity index (χ1n) is 7.99. The van der Waals surface area contributed by atoms with Crippen LogP contribution in [0.5, 0.6) is 5.75 Å². The summed E-state index contributed by atoms with van der Waals surface area (Å²) in [5.74, 6) is 1.77. The lowest BCUT2D eigenvalue weighted by atomic mass is 10.1. The van der Waals surface area contributed by atoms with Crippen molar-refractivity contribution < 1.29 is 9.53 Å². The minimum atomic E-state index is -0.0484. The lowest BCUT2D eigenvalue weighted by Gasteiger charge is -2.25. The number of carbonyl (C=O) groups is 1. The van der Waals surface area contributed by atoms with E-state index in [2.05, 4.69) is 18.3 Å². The maximum absolute atomic E-state index is 12.7. The molecular weight excluding hydrogens is 320 g/mol. The van der Waals surface area contributed by atoms with Crippen LogP contribution in [0.25, 0.3) is 0 Å². The van der Waals surface area contributed by atoms with Crippen LogP contribution in [0.1, 0.15) is 22.1 Å². The second-order valence-electron chi connectivity index (χ2n) is 5.94. The summed E-state index contributed by atoms with van der Waals surface area (Å²) in [5, 5.41) is 3.09. The Morgan fingerprint density at radius 3 is 2.62 bits per heavy atom. The number of methoxy groups -OCH3 is 1. The van der Waals surface area contributed by atoms with Crippen molar-refractivity contribution in [1.82, 2.24) is 4.90 Å². The number of hydrogen-bond acceptors (Lipinski definition) is 3. The van der Waals surface area contributed by atoms with Gasteiger partial charge in [-0.15, -0.1) is 11.8 Å². The highest BCUT2D eigenvalue weighted by Crippen LogP contribution is 2.38. The van der Waals surface area contributed by atoms with E-state index < -0.39 is 0 Å². The van der Waals surface area contributed by atoms with Crippen molar-refractivity contribution in [2.75, 3.05) is 24.7 Å². The van der Waals surface area contributed by atoms with Crippen molar-refractivity contribution >= 4 is 23.5 Å². The molecule has 0 saturated carbocycles. The van der Waals surface area contributed by atoms with Gasteiger partial charge in [0.2, 0.25) is 0 Å². The summed E-state index contributed by atoms with van der Waals surface area (Å²) in [6.45, 7) is 4.82. The highest BCUT2D eigenvalue weighted by atomic mass is 32.2. The molecule has 1 heterocycles. The average Bonchev–Trinajstić information content (AvgIpc) is 3.07. The maximum atomic E-state index is 12.7. The van der Waals surface area contributed by atoms with Gasteiger partial charge in [0.1, 0.15) is 11.1 Å². The molecule has 1 aliphatic rings. The molecule has 24 heavy (non-hydrogen) atoms. The minimum Gasteiger partial charge on any atom is -0.497 e. The number of nitrogens with zero attached hydrogens (tertiary/aromatic N) is 1. The van der Waals surface area contributed by atoms with Crippen molar-refractivity contribution in [2.24, 2.45) is 0 Å². The van der Waals surface area contributed by atoms with Crippen molar-refractivity contribution in [1.29, 1.82) is 0 Å². The Morgan fingerprint density at radius 2 is 1.96 bits per heavy atom. The quantitative estimate of drug-likeness (QED) is 0.887. The maximum Gasteiger partial charge on any atom is 0.323 e. The zero-order valence-corrected chi connectivity index (χ0v) is 15.0. The summed E-state index contributed by atoms with van der Waals surface area (Å²) in [4.78, 5) is 14.6. The van der Waals surface area contributed by atoms with E-state index in [1.165, 1.54) is 5.56 Å². The monoisotopic (exact) mass is 342 g/mol. The Balaban J connectivity index is 1.75. The molecule has 0 radical (unpaired) electrons. The number of amides is 2. The predicted octanol–water partition coefficient (Wildman–Crippen LogP) is 4.59. The van der Waals surface area contributed by atoms with Gasteiger partial charge in [0.25, 0.3) is 0 Å². The van der Waals surface area contributed by atoms with Crippen LogP contribution in [0.4, 0.5) is 10.5 Å². The van der Waals surface area contributed by atoms with E-state index in [1.807, 2.05) is 48.2 Å². The molecule has 3 rings (SSSR count). The van der Waals surface area contributed by atoms with Crippen LogP contribution in [-0.2, 0) is 0 Å². The van der Waals surface area contributed by atoms with Crippen LogP contribution in [0.2, 0.25) is 0 Å². The van der Waals surface area contributed by atoms with E-state index in [9.17, 15) is 4.79 Å². The number of rotatable bonds is 3. The number of nitrogens with one attached hydrogen (secondary N) is 1. The Labute approximate surface area is 147 Å². The van der Waals surface area contributed by atoms with E-state index in [-0.39, 0.29) is 11.4 Å². The third-order valence-electron chi connectivity index (χ3n) is 4.18. The molecule has 4 nitrogen and oxygen atoms in total. The molecule has 1 fully saturated rings. The molecule has 0 aromatic heterocycles. The second-order valence-corrected chi connectivity index (χ2v) is 7.13. The summed E-state index contributed by atoms with van der Waals surface area (Å²) in [6.07, 6.45) is 0. The standard InChI is InChI=1S/C19H22N2O2S/c1-13-4-9-17(14(2)12-13)20-19(22)21-10-11-24-18(21)15-5-7-16(23-3)8-6-15/h4-9,12,18H,10-11H2,1-3H3,(H,20,22). The van der Waals surface area contributed by atoms with Gasteiger partial charge in [0.15, 0.2) is 0 Å². The number of benzene rings is 2. The molecular formula is C19H22N2O2S. The minimum absolute atomic E-state index is 0.0432. The van der Waals surface area contributed by atoms with E-state index >= 15 is 0 Å². The summed E-state index contributed by atoms with van der Waals surface area (Å²) in [7, 11) is 1.66. The highest BCUT2D eigenvalue weighted by Gasteiger charge is 2.30. The number of anilines is 1. The van der Waals surface area contributed by atoms with Gasteiger partial charge >= 0.3 is 6.03 Å². The lowest BCUT2D eigenvalue weighted by molar-refractivity contribution is 0.214. The molecule has 126 valence electrons. The third kappa shape index (κ3) is 3.51. The average molecular weight is 342 g/mol. The summed E-state index contributed by atoms with van der Waals surface area (Å²) < 4.78 is 5.21. The Hall–Kier alpha value is -2.14. The van der Waals surface area contributed by atoms with E-state index in [0.717, 1.165) is 34.9 Å². The highest BCUT2D eigenvalue weighted by molar-refractivity contribution is 7.99. The predicted molar refractivity (Wildman–Crippen MR) is 99.8 cm³/mol. The van der Waals surface area contributed by atoms with Crippen LogP contribution in [-0.4, -0.2) is 30.3 Å². The van der Waals surface area contributed by atoms with Gasteiger partial charge in [-0.2, -0.15) is 0 Å². The Kier molecular flexibility index (Phi) is 5.00. The fraction of sp³-hybridized carbons (Fsp3) is 0.316. The van der Waals surface area contributed by atoms with Crippen molar-refractivity contribution in [3.05, 3.63) is 59.2 Å². The normalized spacial score (nSPS) is 17.0. The van der Waals surface area contributed by atoms with Crippen LogP contribution < -0.4 is 10.1 Å². The smallest absolute Gasteiger partial charge is 0.323 e. The van der Waals surface area contributed by atoms with Crippen LogP contribution in [0.3, 0.4) is 0 Å².